The standard InChI is InChI=1S/C12H13N3OS/c1-7-3-4-9(8(2)5-7)14-12-15-10(6-17-12)11(13)16/h3-6H,1-2H3,(H2,13,16)(H,14,15). The molecule has 4 nitrogen and oxygen atoms in total. The Labute approximate surface area is 103 Å². The van der Waals surface area contributed by atoms with Gasteiger partial charge >= 0.3 is 0 Å². The molecule has 0 saturated carbocycles. The molecule has 0 radical (unpaired) electrons. The van der Waals surface area contributed by atoms with E-state index in [0.717, 1.165) is 11.3 Å². The lowest BCUT2D eigenvalue weighted by molar-refractivity contribution is 0.0996. The Morgan fingerprint density at radius 3 is 2.76 bits per heavy atom. The highest BCUT2D eigenvalue weighted by Gasteiger charge is 2.07. The summed E-state index contributed by atoms with van der Waals surface area (Å²) in [6.07, 6.45) is 0. The number of hydrogen-bond acceptors (Lipinski definition) is 4. The van der Waals surface area contributed by atoms with Crippen LogP contribution in [0, 0.1) is 13.8 Å². The number of nitrogens with two attached hydrogens (primary N) is 1. The van der Waals surface area contributed by atoms with Crippen molar-refractivity contribution in [3.8, 4) is 0 Å². The monoisotopic (exact) mass is 247 g/mol. The summed E-state index contributed by atoms with van der Waals surface area (Å²) in [7, 11) is 0. The van der Waals surface area contributed by atoms with Crippen LogP contribution in [0.5, 0.6) is 0 Å². The molecule has 0 fully saturated rings. The molecule has 0 unspecified atom stereocenters. The largest absolute Gasteiger partial charge is 0.364 e. The van der Waals surface area contributed by atoms with Crippen molar-refractivity contribution < 1.29 is 4.79 Å². The van der Waals surface area contributed by atoms with E-state index in [9.17, 15) is 4.79 Å². The van der Waals surface area contributed by atoms with Gasteiger partial charge in [-0.25, -0.2) is 4.98 Å². The summed E-state index contributed by atoms with van der Waals surface area (Å²) in [5, 5.41) is 5.49. The molecule has 0 saturated heterocycles. The summed E-state index contributed by atoms with van der Waals surface area (Å²) in [6.45, 7) is 4.07. The Hall–Kier alpha value is -1.88. The van der Waals surface area contributed by atoms with Crippen molar-refractivity contribution in [3.63, 3.8) is 0 Å². The summed E-state index contributed by atoms with van der Waals surface area (Å²) in [6, 6.07) is 6.11. The summed E-state index contributed by atoms with van der Waals surface area (Å²) >= 11 is 1.36. The maximum atomic E-state index is 10.9. The third-order valence-corrected chi connectivity index (χ3v) is 3.14. The molecule has 0 aliphatic carbocycles. The van der Waals surface area contributed by atoms with Crippen molar-refractivity contribution in [1.82, 2.24) is 4.98 Å². The molecular weight excluding hydrogens is 234 g/mol. The fourth-order valence-electron chi connectivity index (χ4n) is 1.51. The fraction of sp³-hybridized carbons (Fsp3) is 0.167. The van der Waals surface area contributed by atoms with Crippen LogP contribution in [0.4, 0.5) is 10.8 Å². The molecule has 17 heavy (non-hydrogen) atoms. The normalized spacial score (nSPS) is 10.2. The molecule has 1 aromatic heterocycles. The number of carbonyl (C=O) groups excluding carboxylic acids is 1. The van der Waals surface area contributed by atoms with Crippen molar-refractivity contribution in [2.24, 2.45) is 5.73 Å². The highest BCUT2D eigenvalue weighted by atomic mass is 32.1. The molecule has 88 valence electrons. The summed E-state index contributed by atoms with van der Waals surface area (Å²) in [5.74, 6) is -0.505. The Balaban J connectivity index is 2.22. The van der Waals surface area contributed by atoms with Crippen molar-refractivity contribution in [1.29, 1.82) is 0 Å². The minimum atomic E-state index is -0.505. The molecule has 1 heterocycles. The van der Waals surface area contributed by atoms with E-state index in [0.29, 0.717) is 10.8 Å². The van der Waals surface area contributed by atoms with E-state index in [4.69, 9.17) is 5.73 Å². The maximum absolute atomic E-state index is 10.9. The Bertz CT molecular complexity index is 563. The quantitative estimate of drug-likeness (QED) is 0.876. The fourth-order valence-corrected chi connectivity index (χ4v) is 2.23. The first-order valence-electron chi connectivity index (χ1n) is 5.16. The molecule has 2 aromatic rings. The number of thiazole rings is 1. The second kappa shape index (κ2) is 4.55. The van der Waals surface area contributed by atoms with E-state index in [2.05, 4.69) is 16.4 Å². The molecule has 0 aliphatic heterocycles. The number of benzene rings is 1. The number of anilines is 2. The maximum Gasteiger partial charge on any atom is 0.268 e. The molecule has 3 N–H and O–H groups in total. The first-order valence-corrected chi connectivity index (χ1v) is 6.04. The first-order chi connectivity index (χ1) is 8.06. The van der Waals surface area contributed by atoms with Gasteiger partial charge in [0.25, 0.3) is 5.91 Å². The van der Waals surface area contributed by atoms with Crippen molar-refractivity contribution in [2.45, 2.75) is 13.8 Å². The van der Waals surface area contributed by atoms with E-state index in [-0.39, 0.29) is 0 Å². The highest BCUT2D eigenvalue weighted by Crippen LogP contribution is 2.23. The topological polar surface area (TPSA) is 68.0 Å². The zero-order valence-electron chi connectivity index (χ0n) is 9.65. The van der Waals surface area contributed by atoms with Crippen LogP contribution in [0.25, 0.3) is 0 Å². The third kappa shape index (κ3) is 2.62. The van der Waals surface area contributed by atoms with Crippen LogP contribution < -0.4 is 11.1 Å². The number of rotatable bonds is 3. The van der Waals surface area contributed by atoms with Crippen LogP contribution in [-0.2, 0) is 0 Å². The molecule has 0 bridgehead atoms. The molecule has 1 amide bonds. The number of aromatic nitrogens is 1. The number of amides is 1. The van der Waals surface area contributed by atoms with Gasteiger partial charge in [-0.15, -0.1) is 11.3 Å². The van der Waals surface area contributed by atoms with Gasteiger partial charge < -0.3 is 11.1 Å². The smallest absolute Gasteiger partial charge is 0.268 e. The zero-order valence-corrected chi connectivity index (χ0v) is 10.5. The zero-order chi connectivity index (χ0) is 12.4. The van der Waals surface area contributed by atoms with E-state index in [1.165, 1.54) is 16.9 Å². The lowest BCUT2D eigenvalue weighted by Gasteiger charge is -2.07. The first kappa shape index (κ1) is 11.6. The van der Waals surface area contributed by atoms with Gasteiger partial charge in [0.1, 0.15) is 5.69 Å². The number of aryl methyl sites for hydroxylation is 2. The van der Waals surface area contributed by atoms with Crippen molar-refractivity contribution in [2.75, 3.05) is 5.32 Å². The van der Waals surface area contributed by atoms with Crippen molar-refractivity contribution in [3.05, 3.63) is 40.4 Å². The van der Waals surface area contributed by atoms with Gasteiger partial charge in [-0.3, -0.25) is 4.79 Å². The van der Waals surface area contributed by atoms with Gasteiger partial charge in [0.15, 0.2) is 5.13 Å². The number of nitrogens with one attached hydrogen (secondary N) is 1. The highest BCUT2D eigenvalue weighted by molar-refractivity contribution is 7.14. The lowest BCUT2D eigenvalue weighted by Crippen LogP contribution is -2.11. The summed E-state index contributed by atoms with van der Waals surface area (Å²) in [5.41, 5.74) is 8.78. The molecule has 2 rings (SSSR count). The van der Waals surface area contributed by atoms with Crippen LogP contribution in [0.3, 0.4) is 0 Å². The molecule has 1 aromatic carbocycles. The van der Waals surface area contributed by atoms with E-state index in [1.807, 2.05) is 26.0 Å². The SMILES string of the molecule is Cc1ccc(Nc2nc(C(N)=O)cs2)c(C)c1. The molecule has 0 atom stereocenters. The number of carbonyl (C=O) groups is 1. The lowest BCUT2D eigenvalue weighted by atomic mass is 10.1. The van der Waals surface area contributed by atoms with Crippen LogP contribution >= 0.6 is 11.3 Å². The van der Waals surface area contributed by atoms with Gasteiger partial charge in [0.05, 0.1) is 0 Å². The summed E-state index contributed by atoms with van der Waals surface area (Å²) < 4.78 is 0. The van der Waals surface area contributed by atoms with Gasteiger partial charge in [-0.1, -0.05) is 17.7 Å². The van der Waals surface area contributed by atoms with E-state index >= 15 is 0 Å². The van der Waals surface area contributed by atoms with Crippen LogP contribution in [0.2, 0.25) is 0 Å². The van der Waals surface area contributed by atoms with Gasteiger partial charge in [-0.05, 0) is 25.5 Å². The average molecular weight is 247 g/mol. The Morgan fingerprint density at radius 1 is 1.41 bits per heavy atom. The van der Waals surface area contributed by atoms with Crippen molar-refractivity contribution >= 4 is 28.1 Å². The average Bonchev–Trinajstić information content (AvgIpc) is 2.71. The Morgan fingerprint density at radius 2 is 2.18 bits per heavy atom. The second-order valence-electron chi connectivity index (χ2n) is 3.85. The molecule has 0 aliphatic rings. The predicted octanol–water partition coefficient (Wildman–Crippen LogP) is 2.60. The number of hydrogen-bond donors (Lipinski definition) is 2. The van der Waals surface area contributed by atoms with E-state index in [1.54, 1.807) is 5.38 Å². The summed E-state index contributed by atoms with van der Waals surface area (Å²) in [4.78, 5) is 15.0. The third-order valence-electron chi connectivity index (χ3n) is 2.38. The van der Waals surface area contributed by atoms with Gasteiger partial charge in [0, 0.05) is 11.1 Å². The van der Waals surface area contributed by atoms with Crippen LogP contribution in [-0.4, -0.2) is 10.9 Å². The Kier molecular flexibility index (Phi) is 3.10. The van der Waals surface area contributed by atoms with Gasteiger partial charge in [-0.2, -0.15) is 0 Å². The molecule has 5 heteroatoms. The number of primary amides is 1. The minimum absolute atomic E-state index is 0.294. The van der Waals surface area contributed by atoms with Crippen LogP contribution in [0.15, 0.2) is 23.6 Å². The van der Waals surface area contributed by atoms with Gasteiger partial charge in [0.2, 0.25) is 0 Å². The van der Waals surface area contributed by atoms with E-state index < -0.39 is 5.91 Å². The predicted molar refractivity (Wildman–Crippen MR) is 69.8 cm³/mol. The minimum Gasteiger partial charge on any atom is -0.364 e. The molecular formula is C12H13N3OS. The number of nitrogens with zero attached hydrogens (tertiary/aromatic N) is 1. The molecule has 0 spiro atoms. The van der Waals surface area contributed by atoms with Crippen LogP contribution in [0.1, 0.15) is 21.6 Å². The second-order valence-corrected chi connectivity index (χ2v) is 4.70.